The molecule has 2 nitrogen and oxygen atoms in total. The van der Waals surface area contributed by atoms with Crippen LogP contribution in [0.25, 0.3) is 0 Å². The molecule has 2 heteroatoms. The van der Waals surface area contributed by atoms with Gasteiger partial charge in [-0.15, -0.1) is 0 Å². The molecule has 1 aliphatic rings. The smallest absolute Gasteiger partial charge is 0.0719 e. The van der Waals surface area contributed by atoms with Gasteiger partial charge in [-0.05, 0) is 36.8 Å². The van der Waals surface area contributed by atoms with Gasteiger partial charge in [0.05, 0.1) is 6.61 Å². The first-order valence-electron chi connectivity index (χ1n) is 8.21. The molecule has 112 valence electrons. The summed E-state index contributed by atoms with van der Waals surface area (Å²) in [5.41, 5.74) is 2.71. The van der Waals surface area contributed by atoms with Gasteiger partial charge in [-0.25, -0.2) is 0 Å². The molecule has 1 aromatic carbocycles. The summed E-state index contributed by atoms with van der Waals surface area (Å²) in [4.78, 5) is 0. The maximum absolute atomic E-state index is 5.56. The maximum Gasteiger partial charge on any atom is 0.0719 e. The molecule has 2 atom stereocenters. The van der Waals surface area contributed by atoms with Gasteiger partial charge in [0.15, 0.2) is 0 Å². The minimum atomic E-state index is 0.703. The van der Waals surface area contributed by atoms with Crippen molar-refractivity contribution in [2.45, 2.75) is 65.1 Å². The van der Waals surface area contributed by atoms with Crippen molar-refractivity contribution in [3.05, 3.63) is 35.4 Å². The molecule has 0 aliphatic heterocycles. The van der Waals surface area contributed by atoms with E-state index in [-0.39, 0.29) is 0 Å². The SMILES string of the molecule is CCOCc1ccccc1CNC1CCCC(CC)C1. The van der Waals surface area contributed by atoms with E-state index in [1.54, 1.807) is 0 Å². The van der Waals surface area contributed by atoms with Gasteiger partial charge in [0.25, 0.3) is 0 Å². The molecule has 2 unspecified atom stereocenters. The van der Waals surface area contributed by atoms with Crippen molar-refractivity contribution in [3.8, 4) is 0 Å². The Kier molecular flexibility index (Phi) is 6.55. The Labute approximate surface area is 123 Å². The van der Waals surface area contributed by atoms with E-state index in [0.29, 0.717) is 6.04 Å². The lowest BCUT2D eigenvalue weighted by Crippen LogP contribution is -2.33. The lowest BCUT2D eigenvalue weighted by Gasteiger charge is -2.29. The van der Waals surface area contributed by atoms with Gasteiger partial charge in [0.1, 0.15) is 0 Å². The molecule has 1 saturated carbocycles. The normalized spacial score (nSPS) is 22.9. The van der Waals surface area contributed by atoms with E-state index >= 15 is 0 Å². The molecule has 2 rings (SSSR count). The van der Waals surface area contributed by atoms with Crippen LogP contribution in [0, 0.1) is 5.92 Å². The average molecular weight is 275 g/mol. The van der Waals surface area contributed by atoms with E-state index in [1.165, 1.54) is 43.2 Å². The highest BCUT2D eigenvalue weighted by molar-refractivity contribution is 5.26. The zero-order valence-corrected chi connectivity index (χ0v) is 13.0. The fraction of sp³-hybridized carbons (Fsp3) is 0.667. The average Bonchev–Trinajstić information content (AvgIpc) is 2.52. The van der Waals surface area contributed by atoms with Crippen LogP contribution in [0.5, 0.6) is 0 Å². The van der Waals surface area contributed by atoms with Crippen LogP contribution in [0.15, 0.2) is 24.3 Å². The van der Waals surface area contributed by atoms with Crippen molar-refractivity contribution in [1.82, 2.24) is 5.32 Å². The molecule has 1 aliphatic carbocycles. The molecule has 0 radical (unpaired) electrons. The summed E-state index contributed by atoms with van der Waals surface area (Å²) >= 11 is 0. The molecule has 20 heavy (non-hydrogen) atoms. The second-order valence-corrected chi connectivity index (χ2v) is 5.92. The zero-order chi connectivity index (χ0) is 14.2. The Hall–Kier alpha value is -0.860. The molecule has 0 heterocycles. The zero-order valence-electron chi connectivity index (χ0n) is 13.0. The van der Waals surface area contributed by atoms with E-state index in [4.69, 9.17) is 4.74 Å². The van der Waals surface area contributed by atoms with Gasteiger partial charge in [-0.2, -0.15) is 0 Å². The molecule has 0 saturated heterocycles. The fourth-order valence-corrected chi connectivity index (χ4v) is 3.18. The van der Waals surface area contributed by atoms with E-state index < -0.39 is 0 Å². The second-order valence-electron chi connectivity index (χ2n) is 5.92. The molecule has 1 fully saturated rings. The van der Waals surface area contributed by atoms with Crippen LogP contribution in [0.4, 0.5) is 0 Å². The summed E-state index contributed by atoms with van der Waals surface area (Å²) in [5.74, 6) is 0.930. The van der Waals surface area contributed by atoms with Crippen LogP contribution in [-0.2, 0) is 17.9 Å². The Bertz CT molecular complexity index is 391. The maximum atomic E-state index is 5.56. The summed E-state index contributed by atoms with van der Waals surface area (Å²) in [7, 11) is 0. The number of hydrogen-bond donors (Lipinski definition) is 1. The second kappa shape index (κ2) is 8.43. The van der Waals surface area contributed by atoms with Gasteiger partial charge >= 0.3 is 0 Å². The van der Waals surface area contributed by atoms with Crippen molar-refractivity contribution in [1.29, 1.82) is 0 Å². The number of ether oxygens (including phenoxy) is 1. The van der Waals surface area contributed by atoms with Crippen LogP contribution in [0.3, 0.4) is 0 Å². The van der Waals surface area contributed by atoms with Crippen LogP contribution >= 0.6 is 0 Å². The summed E-state index contributed by atoms with van der Waals surface area (Å²) < 4.78 is 5.56. The third-order valence-corrected chi connectivity index (χ3v) is 4.52. The molecule has 0 bridgehead atoms. The van der Waals surface area contributed by atoms with Crippen molar-refractivity contribution in [3.63, 3.8) is 0 Å². The lowest BCUT2D eigenvalue weighted by atomic mass is 9.84. The van der Waals surface area contributed by atoms with Crippen LogP contribution in [0.2, 0.25) is 0 Å². The number of rotatable bonds is 7. The highest BCUT2D eigenvalue weighted by Gasteiger charge is 2.20. The molecular weight excluding hydrogens is 246 g/mol. The summed E-state index contributed by atoms with van der Waals surface area (Å²) in [5, 5.41) is 3.76. The predicted octanol–water partition coefficient (Wildman–Crippen LogP) is 4.28. The monoisotopic (exact) mass is 275 g/mol. The summed E-state index contributed by atoms with van der Waals surface area (Å²) in [6, 6.07) is 9.34. The first kappa shape index (κ1) is 15.5. The predicted molar refractivity (Wildman–Crippen MR) is 84.6 cm³/mol. The van der Waals surface area contributed by atoms with Crippen molar-refractivity contribution < 1.29 is 4.74 Å². The molecule has 0 aromatic heterocycles. The molecule has 1 aromatic rings. The van der Waals surface area contributed by atoms with Crippen LogP contribution in [0.1, 0.15) is 57.1 Å². The first-order chi connectivity index (χ1) is 9.83. The fourth-order valence-electron chi connectivity index (χ4n) is 3.18. The third kappa shape index (κ3) is 4.60. The molecule has 1 N–H and O–H groups in total. The number of benzene rings is 1. The van der Waals surface area contributed by atoms with E-state index in [9.17, 15) is 0 Å². The quantitative estimate of drug-likeness (QED) is 0.802. The van der Waals surface area contributed by atoms with Gasteiger partial charge < -0.3 is 10.1 Å². The molecule has 0 spiro atoms. The molecular formula is C18H29NO. The largest absolute Gasteiger partial charge is 0.377 e. The highest BCUT2D eigenvalue weighted by Crippen LogP contribution is 2.26. The Morgan fingerprint density at radius 2 is 1.95 bits per heavy atom. The highest BCUT2D eigenvalue weighted by atomic mass is 16.5. The minimum absolute atomic E-state index is 0.703. The summed E-state index contributed by atoms with van der Waals surface area (Å²) in [6.45, 7) is 6.86. The van der Waals surface area contributed by atoms with Crippen molar-refractivity contribution >= 4 is 0 Å². The van der Waals surface area contributed by atoms with Gasteiger partial charge in [-0.3, -0.25) is 0 Å². The first-order valence-corrected chi connectivity index (χ1v) is 8.21. The van der Waals surface area contributed by atoms with E-state index in [1.807, 2.05) is 6.92 Å². The topological polar surface area (TPSA) is 21.3 Å². The molecule has 0 amide bonds. The van der Waals surface area contributed by atoms with Gasteiger partial charge in [0, 0.05) is 19.2 Å². The third-order valence-electron chi connectivity index (χ3n) is 4.52. The number of hydrogen-bond acceptors (Lipinski definition) is 2. The summed E-state index contributed by atoms with van der Waals surface area (Å²) in [6.07, 6.45) is 6.83. The lowest BCUT2D eigenvalue weighted by molar-refractivity contribution is 0.133. The van der Waals surface area contributed by atoms with Crippen molar-refractivity contribution in [2.75, 3.05) is 6.61 Å². The van der Waals surface area contributed by atoms with E-state index in [2.05, 4.69) is 36.5 Å². The Morgan fingerprint density at radius 1 is 1.15 bits per heavy atom. The Balaban J connectivity index is 1.86. The minimum Gasteiger partial charge on any atom is -0.377 e. The van der Waals surface area contributed by atoms with Gasteiger partial charge in [-0.1, -0.05) is 50.5 Å². The van der Waals surface area contributed by atoms with Crippen LogP contribution in [-0.4, -0.2) is 12.6 Å². The standard InChI is InChI=1S/C18H29NO/c1-3-15-8-7-11-18(12-15)19-13-16-9-5-6-10-17(16)14-20-4-2/h5-6,9-10,15,18-19H,3-4,7-8,11-14H2,1-2H3. The number of nitrogens with one attached hydrogen (secondary N) is 1. The van der Waals surface area contributed by atoms with Crippen LogP contribution < -0.4 is 5.32 Å². The Morgan fingerprint density at radius 3 is 2.70 bits per heavy atom. The van der Waals surface area contributed by atoms with Gasteiger partial charge in [0.2, 0.25) is 0 Å². The van der Waals surface area contributed by atoms with Crippen molar-refractivity contribution in [2.24, 2.45) is 5.92 Å². The van der Waals surface area contributed by atoms with E-state index in [0.717, 1.165) is 25.7 Å².